The van der Waals surface area contributed by atoms with Crippen LogP contribution in [0.25, 0.3) is 0 Å². The van der Waals surface area contributed by atoms with Gasteiger partial charge in [0.05, 0.1) is 6.10 Å². The molecule has 108 valence electrons. The van der Waals surface area contributed by atoms with Gasteiger partial charge in [-0.05, 0) is 24.1 Å². The molecular formula is C14H17ClN2O3. The average molecular weight is 297 g/mol. The second-order valence-electron chi connectivity index (χ2n) is 4.68. The third-order valence-electron chi connectivity index (χ3n) is 3.28. The molecule has 1 aromatic carbocycles. The molecule has 1 heterocycles. The van der Waals surface area contributed by atoms with Crippen molar-refractivity contribution in [1.82, 2.24) is 10.6 Å². The number of rotatable bonds is 5. The van der Waals surface area contributed by atoms with Crippen molar-refractivity contribution in [3.63, 3.8) is 0 Å². The van der Waals surface area contributed by atoms with Crippen molar-refractivity contribution in [2.24, 2.45) is 0 Å². The highest BCUT2D eigenvalue weighted by molar-refractivity contribution is 6.30. The first-order valence-corrected chi connectivity index (χ1v) is 6.83. The number of methoxy groups -OCH3 is 1. The fourth-order valence-electron chi connectivity index (χ4n) is 2.17. The molecule has 0 aliphatic carbocycles. The monoisotopic (exact) mass is 296 g/mol. The van der Waals surface area contributed by atoms with Crippen molar-refractivity contribution < 1.29 is 14.3 Å². The van der Waals surface area contributed by atoms with Crippen molar-refractivity contribution in [3.05, 3.63) is 34.9 Å². The summed E-state index contributed by atoms with van der Waals surface area (Å²) in [7, 11) is 1.58. The first kappa shape index (κ1) is 14.8. The first-order chi connectivity index (χ1) is 9.60. The van der Waals surface area contributed by atoms with Crippen molar-refractivity contribution in [1.29, 1.82) is 0 Å². The maximum absolute atomic E-state index is 11.9. The van der Waals surface area contributed by atoms with Gasteiger partial charge < -0.3 is 15.4 Å². The van der Waals surface area contributed by atoms with E-state index in [1.807, 2.05) is 12.1 Å². The molecular weight excluding hydrogens is 280 g/mol. The molecule has 1 aromatic rings. The molecule has 0 spiro atoms. The molecule has 6 heteroatoms. The molecule has 0 bridgehead atoms. The summed E-state index contributed by atoms with van der Waals surface area (Å²) in [5.74, 6) is -0.261. The predicted octanol–water partition coefficient (Wildman–Crippen LogP) is 1.42. The summed E-state index contributed by atoms with van der Waals surface area (Å²) in [4.78, 5) is 23.0. The molecule has 0 aromatic heterocycles. The lowest BCUT2D eigenvalue weighted by Gasteiger charge is -2.18. The number of hydrogen-bond acceptors (Lipinski definition) is 3. The van der Waals surface area contributed by atoms with Crippen molar-refractivity contribution >= 4 is 23.4 Å². The number of amides is 2. The van der Waals surface area contributed by atoms with Gasteiger partial charge in [-0.25, -0.2) is 0 Å². The molecule has 2 N–H and O–H groups in total. The first-order valence-electron chi connectivity index (χ1n) is 6.45. The van der Waals surface area contributed by atoms with E-state index in [9.17, 15) is 9.59 Å². The van der Waals surface area contributed by atoms with Gasteiger partial charge in [-0.15, -0.1) is 0 Å². The minimum atomic E-state index is -0.431. The van der Waals surface area contributed by atoms with E-state index in [4.69, 9.17) is 16.3 Å². The maximum Gasteiger partial charge on any atom is 0.242 e. The standard InChI is InChI=1S/C14H17ClN2O3/c1-20-12(9-3-2-4-10(15)7-9)8-16-14(19)11-5-6-13(18)17-11/h2-4,7,11-12H,5-6,8H2,1H3,(H,16,19)(H,17,18)/t11-,12-/m1/s1. The van der Waals surface area contributed by atoms with Crippen LogP contribution >= 0.6 is 11.6 Å². The zero-order valence-electron chi connectivity index (χ0n) is 11.2. The molecule has 2 amide bonds. The number of hydrogen-bond donors (Lipinski definition) is 2. The van der Waals surface area contributed by atoms with E-state index >= 15 is 0 Å². The summed E-state index contributed by atoms with van der Waals surface area (Å²) in [6.45, 7) is 0.335. The van der Waals surface area contributed by atoms with E-state index in [1.54, 1.807) is 19.2 Å². The normalized spacial score (nSPS) is 19.5. The minimum Gasteiger partial charge on any atom is -0.375 e. The zero-order chi connectivity index (χ0) is 14.5. The number of carbonyl (C=O) groups is 2. The van der Waals surface area contributed by atoms with E-state index in [-0.39, 0.29) is 17.9 Å². The summed E-state index contributed by atoms with van der Waals surface area (Å²) >= 11 is 5.94. The van der Waals surface area contributed by atoms with Crippen LogP contribution in [0.3, 0.4) is 0 Å². The highest BCUT2D eigenvalue weighted by Crippen LogP contribution is 2.19. The third-order valence-corrected chi connectivity index (χ3v) is 3.51. The molecule has 1 fully saturated rings. The Hall–Kier alpha value is -1.59. The Morgan fingerprint density at radius 1 is 1.60 bits per heavy atom. The Balaban J connectivity index is 1.91. The lowest BCUT2D eigenvalue weighted by atomic mass is 10.1. The Bertz CT molecular complexity index is 507. The van der Waals surface area contributed by atoms with Crippen molar-refractivity contribution in [2.75, 3.05) is 13.7 Å². The van der Waals surface area contributed by atoms with E-state index < -0.39 is 6.04 Å². The summed E-state index contributed by atoms with van der Waals surface area (Å²) < 4.78 is 5.36. The van der Waals surface area contributed by atoms with Gasteiger partial charge in [0.15, 0.2) is 0 Å². The van der Waals surface area contributed by atoms with Gasteiger partial charge in [-0.2, -0.15) is 0 Å². The topological polar surface area (TPSA) is 67.4 Å². The smallest absolute Gasteiger partial charge is 0.242 e. The van der Waals surface area contributed by atoms with Crippen LogP contribution < -0.4 is 10.6 Å². The van der Waals surface area contributed by atoms with Gasteiger partial charge in [-0.3, -0.25) is 9.59 Å². The van der Waals surface area contributed by atoms with Crippen LogP contribution in [0.5, 0.6) is 0 Å². The molecule has 0 radical (unpaired) electrons. The fraction of sp³-hybridized carbons (Fsp3) is 0.429. The summed E-state index contributed by atoms with van der Waals surface area (Å²) in [6.07, 6.45) is 0.675. The van der Waals surface area contributed by atoms with Gasteiger partial charge in [0.2, 0.25) is 11.8 Å². The third kappa shape index (κ3) is 3.71. The summed E-state index contributed by atoms with van der Waals surface area (Å²) in [6, 6.07) is 6.88. The Labute approximate surface area is 122 Å². The molecule has 20 heavy (non-hydrogen) atoms. The summed E-state index contributed by atoms with van der Waals surface area (Å²) in [5, 5.41) is 6.05. The molecule has 1 aliphatic rings. The van der Waals surface area contributed by atoms with Gasteiger partial charge >= 0.3 is 0 Å². The van der Waals surface area contributed by atoms with Gasteiger partial charge in [-0.1, -0.05) is 23.7 Å². The van der Waals surface area contributed by atoms with Crippen LogP contribution in [0.2, 0.25) is 5.02 Å². The minimum absolute atomic E-state index is 0.0803. The van der Waals surface area contributed by atoms with Crippen LogP contribution in [-0.4, -0.2) is 31.5 Å². The van der Waals surface area contributed by atoms with Gasteiger partial charge in [0, 0.05) is 25.1 Å². The van der Waals surface area contributed by atoms with Gasteiger partial charge in [0.1, 0.15) is 6.04 Å². The number of benzene rings is 1. The quantitative estimate of drug-likeness (QED) is 0.863. The van der Waals surface area contributed by atoms with Crippen LogP contribution in [0, 0.1) is 0 Å². The molecule has 2 rings (SSSR count). The van der Waals surface area contributed by atoms with Crippen molar-refractivity contribution in [3.8, 4) is 0 Å². The molecule has 1 saturated heterocycles. The van der Waals surface area contributed by atoms with Crippen molar-refractivity contribution in [2.45, 2.75) is 25.0 Å². The Morgan fingerprint density at radius 2 is 2.40 bits per heavy atom. The largest absolute Gasteiger partial charge is 0.375 e. The predicted molar refractivity (Wildman–Crippen MR) is 75.4 cm³/mol. The molecule has 0 saturated carbocycles. The lowest BCUT2D eigenvalue weighted by Crippen LogP contribution is -2.43. The van der Waals surface area contributed by atoms with Crippen LogP contribution in [-0.2, 0) is 14.3 Å². The maximum atomic E-state index is 11.9. The lowest BCUT2D eigenvalue weighted by molar-refractivity contribution is -0.126. The fourth-order valence-corrected chi connectivity index (χ4v) is 2.37. The van der Waals surface area contributed by atoms with Crippen LogP contribution in [0.4, 0.5) is 0 Å². The highest BCUT2D eigenvalue weighted by atomic mass is 35.5. The van der Waals surface area contributed by atoms with Crippen LogP contribution in [0.1, 0.15) is 24.5 Å². The number of halogens is 1. The zero-order valence-corrected chi connectivity index (χ0v) is 11.9. The number of nitrogens with one attached hydrogen (secondary N) is 2. The SMILES string of the molecule is CO[C@H](CNC(=O)[C@H]1CCC(=O)N1)c1cccc(Cl)c1. The van der Waals surface area contributed by atoms with Gasteiger partial charge in [0.25, 0.3) is 0 Å². The average Bonchev–Trinajstić information content (AvgIpc) is 2.86. The highest BCUT2D eigenvalue weighted by Gasteiger charge is 2.27. The van der Waals surface area contributed by atoms with E-state index in [0.717, 1.165) is 5.56 Å². The number of carbonyl (C=O) groups excluding carboxylic acids is 2. The van der Waals surface area contributed by atoms with E-state index in [2.05, 4.69) is 10.6 Å². The second kappa shape index (κ2) is 6.72. The molecule has 1 aliphatic heterocycles. The molecule has 5 nitrogen and oxygen atoms in total. The van der Waals surface area contributed by atoms with E-state index in [0.29, 0.717) is 24.4 Å². The van der Waals surface area contributed by atoms with E-state index in [1.165, 1.54) is 0 Å². The van der Waals surface area contributed by atoms with Crippen LogP contribution in [0.15, 0.2) is 24.3 Å². The Kier molecular flexibility index (Phi) is 4.98. The Morgan fingerprint density at radius 3 is 3.00 bits per heavy atom. The number of ether oxygens (including phenoxy) is 1. The molecule has 0 unspecified atom stereocenters. The summed E-state index contributed by atoms with van der Waals surface area (Å²) in [5.41, 5.74) is 0.899. The second-order valence-corrected chi connectivity index (χ2v) is 5.12. The molecule has 2 atom stereocenters.